The van der Waals surface area contributed by atoms with Gasteiger partial charge in [0.1, 0.15) is 0 Å². The van der Waals surface area contributed by atoms with E-state index in [4.69, 9.17) is 9.97 Å². The van der Waals surface area contributed by atoms with Gasteiger partial charge in [-0.3, -0.25) is 0 Å². The monoisotopic (exact) mass is 648 g/mol. The van der Waals surface area contributed by atoms with Crippen molar-refractivity contribution in [2.45, 2.75) is 5.92 Å². The van der Waals surface area contributed by atoms with Gasteiger partial charge in [0.05, 0.1) is 22.2 Å². The van der Waals surface area contributed by atoms with E-state index < -0.39 is 0 Å². The summed E-state index contributed by atoms with van der Waals surface area (Å²) in [5, 5.41) is 8.59. The molecule has 2 heteroatoms. The number of nitrogens with zero attached hydrogens (tertiary/aromatic N) is 2. The van der Waals surface area contributed by atoms with Gasteiger partial charge in [-0.2, -0.15) is 0 Å². The zero-order chi connectivity index (χ0) is 33.5. The molecule has 0 aliphatic heterocycles. The zero-order valence-electron chi connectivity index (χ0n) is 27.9. The van der Waals surface area contributed by atoms with Crippen LogP contribution in [0.3, 0.4) is 0 Å². The van der Waals surface area contributed by atoms with Crippen molar-refractivity contribution in [3.05, 3.63) is 182 Å². The van der Waals surface area contributed by atoms with Crippen LogP contribution in [0.25, 0.3) is 87.8 Å². The normalized spacial score (nSPS) is 17.8. The summed E-state index contributed by atoms with van der Waals surface area (Å²) < 4.78 is 0. The minimum absolute atomic E-state index is 0.472. The van der Waals surface area contributed by atoms with E-state index in [9.17, 15) is 0 Å². The van der Waals surface area contributed by atoms with E-state index in [1.54, 1.807) is 0 Å². The molecule has 7 aromatic carbocycles. The van der Waals surface area contributed by atoms with Crippen molar-refractivity contribution in [2.24, 2.45) is 11.8 Å². The lowest BCUT2D eigenvalue weighted by Crippen LogP contribution is -1.95. The summed E-state index contributed by atoms with van der Waals surface area (Å²) in [6.07, 6.45) is 9.15. The Morgan fingerprint density at radius 3 is 1.73 bits per heavy atom. The largest absolute Gasteiger partial charge is 0.245 e. The van der Waals surface area contributed by atoms with Crippen LogP contribution in [0, 0.1) is 11.8 Å². The molecular formula is C49H32N2. The first kappa shape index (κ1) is 28.5. The third-order valence-electron chi connectivity index (χ3n) is 11.2. The minimum atomic E-state index is 0.472. The lowest BCUT2D eigenvalue weighted by molar-refractivity contribution is 0.981. The third-order valence-corrected chi connectivity index (χ3v) is 11.2. The second-order valence-corrected chi connectivity index (χ2v) is 14.1. The van der Waals surface area contributed by atoms with Crippen molar-refractivity contribution < 1.29 is 0 Å². The molecule has 0 spiro atoms. The molecule has 1 saturated carbocycles. The molecule has 2 aliphatic carbocycles. The number of para-hydroxylation sites is 1. The first-order chi connectivity index (χ1) is 25.2. The number of pyridine rings is 2. The van der Waals surface area contributed by atoms with Gasteiger partial charge < -0.3 is 0 Å². The number of aromatic nitrogens is 2. The second-order valence-electron chi connectivity index (χ2n) is 14.1. The predicted molar refractivity (Wildman–Crippen MR) is 214 cm³/mol. The quantitative estimate of drug-likeness (QED) is 0.140. The molecule has 3 atom stereocenters. The van der Waals surface area contributed by atoms with Gasteiger partial charge in [-0.1, -0.05) is 140 Å². The first-order valence-corrected chi connectivity index (χ1v) is 17.9. The van der Waals surface area contributed by atoms with Crippen molar-refractivity contribution in [1.82, 2.24) is 9.97 Å². The third kappa shape index (κ3) is 4.64. The number of hydrogen-bond acceptors (Lipinski definition) is 2. The van der Waals surface area contributed by atoms with Crippen LogP contribution in [0.1, 0.15) is 11.5 Å². The molecule has 2 nitrogen and oxygen atoms in total. The van der Waals surface area contributed by atoms with Crippen LogP contribution in [-0.4, -0.2) is 9.97 Å². The molecule has 2 aliphatic rings. The highest BCUT2D eigenvalue weighted by molar-refractivity contribution is 6.10. The van der Waals surface area contributed by atoms with Crippen LogP contribution < -0.4 is 0 Å². The van der Waals surface area contributed by atoms with E-state index in [0.29, 0.717) is 17.8 Å². The molecule has 11 rings (SSSR count). The Hall–Kier alpha value is -6.38. The lowest BCUT2D eigenvalue weighted by atomic mass is 9.95. The highest BCUT2D eigenvalue weighted by atomic mass is 14.8. The second kappa shape index (κ2) is 11.1. The Labute approximate surface area is 296 Å². The molecular weight excluding hydrogens is 617 g/mol. The summed E-state index contributed by atoms with van der Waals surface area (Å²) in [4.78, 5) is 10.6. The van der Waals surface area contributed by atoms with Gasteiger partial charge in [-0.15, -0.1) is 0 Å². The average molecular weight is 649 g/mol. The van der Waals surface area contributed by atoms with Crippen LogP contribution in [0.5, 0.6) is 0 Å². The summed E-state index contributed by atoms with van der Waals surface area (Å²) in [6, 6.07) is 55.1. The summed E-state index contributed by atoms with van der Waals surface area (Å²) in [5.41, 5.74) is 11.3. The predicted octanol–water partition coefficient (Wildman–Crippen LogP) is 12.7. The van der Waals surface area contributed by atoms with E-state index in [1.165, 1.54) is 60.1 Å². The Morgan fingerprint density at radius 1 is 0.373 bits per heavy atom. The first-order valence-electron chi connectivity index (χ1n) is 17.9. The van der Waals surface area contributed by atoms with Crippen molar-refractivity contribution in [2.75, 3.05) is 0 Å². The molecule has 1 fully saturated rings. The summed E-state index contributed by atoms with van der Waals surface area (Å²) >= 11 is 0. The van der Waals surface area contributed by atoms with Crippen LogP contribution in [0.15, 0.2) is 176 Å². The maximum absolute atomic E-state index is 5.34. The molecule has 0 amide bonds. The van der Waals surface area contributed by atoms with Crippen molar-refractivity contribution in [3.63, 3.8) is 0 Å². The van der Waals surface area contributed by atoms with E-state index >= 15 is 0 Å². The van der Waals surface area contributed by atoms with Gasteiger partial charge in [0.15, 0.2) is 0 Å². The maximum Gasteiger partial charge on any atom is 0.0975 e. The minimum Gasteiger partial charge on any atom is -0.245 e. The van der Waals surface area contributed by atoms with Crippen molar-refractivity contribution >= 4 is 54.3 Å². The van der Waals surface area contributed by atoms with Crippen molar-refractivity contribution in [3.8, 4) is 33.5 Å². The SMILES string of the molecule is C1=CC2C(c3c4ccccc4nc4c3ccc3ccc(-c5cccc(-c6ccc7cc(-c8ccc9ccccc9c8)ccc7c6)c5)nc34)[C@H]2C=C1. The fraction of sp³-hybridized carbons (Fsp3) is 0.0612. The molecule has 0 saturated heterocycles. The van der Waals surface area contributed by atoms with Gasteiger partial charge in [-0.05, 0) is 104 Å². The fourth-order valence-electron chi connectivity index (χ4n) is 8.55. The molecule has 2 heterocycles. The molecule has 0 radical (unpaired) electrons. The molecule has 9 aromatic rings. The van der Waals surface area contributed by atoms with Gasteiger partial charge in [-0.25, -0.2) is 9.97 Å². The van der Waals surface area contributed by atoms with Crippen LogP contribution in [-0.2, 0) is 0 Å². The van der Waals surface area contributed by atoms with Gasteiger partial charge in [0.25, 0.3) is 0 Å². The summed E-state index contributed by atoms with van der Waals surface area (Å²) in [5.74, 6) is 1.59. The Balaban J connectivity index is 0.978. The maximum atomic E-state index is 5.34. The highest BCUT2D eigenvalue weighted by Crippen LogP contribution is 2.59. The summed E-state index contributed by atoms with van der Waals surface area (Å²) in [7, 11) is 0. The van der Waals surface area contributed by atoms with Gasteiger partial charge in [0, 0.05) is 21.7 Å². The molecule has 238 valence electrons. The number of hydrogen-bond donors (Lipinski definition) is 0. The van der Waals surface area contributed by atoms with E-state index in [0.717, 1.165) is 33.2 Å². The van der Waals surface area contributed by atoms with Gasteiger partial charge >= 0.3 is 0 Å². The van der Waals surface area contributed by atoms with Crippen LogP contribution >= 0.6 is 0 Å². The lowest BCUT2D eigenvalue weighted by Gasteiger charge is -2.13. The Kier molecular flexibility index (Phi) is 6.17. The number of rotatable bonds is 4. The smallest absolute Gasteiger partial charge is 0.0975 e. The van der Waals surface area contributed by atoms with E-state index in [-0.39, 0.29) is 0 Å². The molecule has 2 aromatic heterocycles. The van der Waals surface area contributed by atoms with Crippen molar-refractivity contribution in [1.29, 1.82) is 0 Å². The fourth-order valence-corrected chi connectivity index (χ4v) is 8.55. The molecule has 0 N–H and O–H groups in total. The number of benzene rings is 7. The number of fused-ring (bicyclic) bond motifs is 7. The van der Waals surface area contributed by atoms with E-state index in [2.05, 4.69) is 176 Å². The zero-order valence-corrected chi connectivity index (χ0v) is 27.9. The average Bonchev–Trinajstić information content (AvgIpc) is 3.93. The molecule has 0 bridgehead atoms. The van der Waals surface area contributed by atoms with E-state index in [1.807, 2.05) is 0 Å². The highest BCUT2D eigenvalue weighted by Gasteiger charge is 2.49. The summed E-state index contributed by atoms with van der Waals surface area (Å²) in [6.45, 7) is 0. The van der Waals surface area contributed by atoms with Crippen LogP contribution in [0.2, 0.25) is 0 Å². The van der Waals surface area contributed by atoms with Crippen LogP contribution in [0.4, 0.5) is 0 Å². The number of allylic oxidation sites excluding steroid dienone is 4. The Morgan fingerprint density at radius 2 is 0.961 bits per heavy atom. The standard InChI is InChI=1S/C49H32N2/c1-2-9-32-26-35(17-16-30(32)8-1)37-21-20-36-27-34(18-19-38(36)28-37)33-10-7-11-39(29-33)44-25-23-31-22-24-43-47(46-40-12-3-4-13-41(40)46)42-14-5-6-15-45(42)51-49(43)48(31)50-44/h1-29,40-41,46H/t40-,41?,46?/m0/s1. The molecule has 2 unspecified atom stereocenters. The Bertz CT molecular complexity index is 2930. The molecule has 51 heavy (non-hydrogen) atoms. The topological polar surface area (TPSA) is 25.8 Å². The van der Waals surface area contributed by atoms with Gasteiger partial charge in [0.2, 0.25) is 0 Å².